The lowest BCUT2D eigenvalue weighted by Crippen LogP contribution is -2.35. The van der Waals surface area contributed by atoms with Crippen LogP contribution in [0.15, 0.2) is 6.33 Å². The Kier molecular flexibility index (Phi) is 3.52. The molecule has 102 valence electrons. The minimum atomic E-state index is 0.724. The third-order valence-electron chi connectivity index (χ3n) is 4.02. The van der Waals surface area contributed by atoms with E-state index in [2.05, 4.69) is 51.7 Å². The van der Waals surface area contributed by atoms with E-state index in [0.29, 0.717) is 0 Å². The first kappa shape index (κ1) is 13.3. The number of anilines is 1. The van der Waals surface area contributed by atoms with Gasteiger partial charge in [0.25, 0.3) is 0 Å². The number of fused-ring (bicyclic) bond motifs is 1. The van der Waals surface area contributed by atoms with Crippen molar-refractivity contribution in [3.05, 3.63) is 16.8 Å². The van der Waals surface area contributed by atoms with Crippen LogP contribution < -0.4 is 4.90 Å². The van der Waals surface area contributed by atoms with E-state index in [4.69, 9.17) is 0 Å². The second-order valence-corrected chi connectivity index (χ2v) is 7.97. The first-order valence-corrected chi connectivity index (χ1v) is 8.35. The summed E-state index contributed by atoms with van der Waals surface area (Å²) in [5.74, 6) is 1.88. The Bertz CT molecular complexity index is 604. The van der Waals surface area contributed by atoms with Crippen LogP contribution in [0.1, 0.15) is 23.3 Å². The highest BCUT2D eigenvalue weighted by Gasteiger charge is 2.28. The van der Waals surface area contributed by atoms with Gasteiger partial charge in [-0.2, -0.15) is 0 Å². The van der Waals surface area contributed by atoms with Crippen molar-refractivity contribution in [1.29, 1.82) is 0 Å². The molecule has 0 radical (unpaired) electrons. The van der Waals surface area contributed by atoms with Crippen LogP contribution in [0.5, 0.6) is 0 Å². The van der Waals surface area contributed by atoms with Crippen molar-refractivity contribution in [3.63, 3.8) is 0 Å². The molecule has 0 aliphatic heterocycles. The van der Waals surface area contributed by atoms with Crippen LogP contribution >= 0.6 is 27.3 Å². The highest BCUT2D eigenvalue weighted by Crippen LogP contribution is 2.37. The fourth-order valence-electron chi connectivity index (χ4n) is 2.73. The third kappa shape index (κ3) is 2.38. The van der Waals surface area contributed by atoms with Crippen LogP contribution in [-0.2, 0) is 0 Å². The van der Waals surface area contributed by atoms with Gasteiger partial charge in [-0.3, -0.25) is 0 Å². The smallest absolute Gasteiger partial charge is 0.140 e. The highest BCUT2D eigenvalue weighted by atomic mass is 79.9. The topological polar surface area (TPSA) is 29.0 Å². The van der Waals surface area contributed by atoms with Gasteiger partial charge in [-0.25, -0.2) is 9.97 Å². The number of hydrogen-bond acceptors (Lipinski definition) is 4. The molecular formula is C14H18BrN3S. The lowest BCUT2D eigenvalue weighted by Gasteiger charge is -2.34. The molecule has 3 rings (SSSR count). The SMILES string of the molecule is Cc1sc2ncnc(N(C)CC3CC(Br)C3)c2c1C. The molecule has 5 heteroatoms. The fourth-order valence-corrected chi connectivity index (χ4v) is 4.78. The molecule has 19 heavy (non-hydrogen) atoms. The molecule has 0 N–H and O–H groups in total. The van der Waals surface area contributed by atoms with E-state index in [-0.39, 0.29) is 0 Å². The van der Waals surface area contributed by atoms with Crippen molar-refractivity contribution in [2.24, 2.45) is 5.92 Å². The maximum Gasteiger partial charge on any atom is 0.140 e. The zero-order valence-electron chi connectivity index (χ0n) is 11.5. The normalized spacial score (nSPS) is 22.5. The molecule has 1 aliphatic rings. The average Bonchev–Trinajstić information content (AvgIpc) is 2.63. The molecule has 0 saturated heterocycles. The molecule has 1 aliphatic carbocycles. The lowest BCUT2D eigenvalue weighted by molar-refractivity contribution is 0.339. The molecule has 0 unspecified atom stereocenters. The Morgan fingerprint density at radius 2 is 2.11 bits per heavy atom. The summed E-state index contributed by atoms with van der Waals surface area (Å²) in [6.45, 7) is 5.42. The maximum absolute atomic E-state index is 4.52. The molecular weight excluding hydrogens is 322 g/mol. The summed E-state index contributed by atoms with van der Waals surface area (Å²) in [6.07, 6.45) is 4.25. The summed E-state index contributed by atoms with van der Waals surface area (Å²) in [4.78, 5) is 14.4. The number of alkyl halides is 1. The summed E-state index contributed by atoms with van der Waals surface area (Å²) in [5, 5.41) is 1.24. The van der Waals surface area contributed by atoms with Gasteiger partial charge in [-0.05, 0) is 38.2 Å². The molecule has 0 spiro atoms. The van der Waals surface area contributed by atoms with Crippen LogP contribution in [0, 0.1) is 19.8 Å². The monoisotopic (exact) mass is 339 g/mol. The van der Waals surface area contributed by atoms with E-state index in [1.54, 1.807) is 17.7 Å². The number of thiophene rings is 1. The Labute approximate surface area is 126 Å². The van der Waals surface area contributed by atoms with Crippen molar-refractivity contribution in [3.8, 4) is 0 Å². The van der Waals surface area contributed by atoms with Gasteiger partial charge in [-0.1, -0.05) is 15.9 Å². The van der Waals surface area contributed by atoms with Gasteiger partial charge in [0.2, 0.25) is 0 Å². The second kappa shape index (κ2) is 5.02. The van der Waals surface area contributed by atoms with Crippen molar-refractivity contribution >= 4 is 43.3 Å². The standard InChI is InChI=1S/C14H18BrN3S/c1-8-9(2)19-14-12(8)13(16-7-17-14)18(3)6-10-4-11(15)5-10/h7,10-11H,4-6H2,1-3H3. The Morgan fingerprint density at radius 1 is 1.37 bits per heavy atom. The number of rotatable bonds is 3. The maximum atomic E-state index is 4.52. The summed E-state index contributed by atoms with van der Waals surface area (Å²) in [6, 6.07) is 0. The predicted octanol–water partition coefficient (Wildman–Crippen LogP) is 3.92. The Morgan fingerprint density at radius 3 is 2.79 bits per heavy atom. The molecule has 0 amide bonds. The van der Waals surface area contributed by atoms with Gasteiger partial charge >= 0.3 is 0 Å². The van der Waals surface area contributed by atoms with Crippen molar-refractivity contribution in [2.45, 2.75) is 31.5 Å². The van der Waals surface area contributed by atoms with Gasteiger partial charge < -0.3 is 4.90 Å². The minimum Gasteiger partial charge on any atom is -0.359 e. The summed E-state index contributed by atoms with van der Waals surface area (Å²) < 4.78 is 0. The van der Waals surface area contributed by atoms with Crippen LogP contribution in [0.3, 0.4) is 0 Å². The van der Waals surface area contributed by atoms with E-state index in [0.717, 1.165) is 27.9 Å². The van der Waals surface area contributed by atoms with E-state index < -0.39 is 0 Å². The second-order valence-electron chi connectivity index (χ2n) is 5.48. The van der Waals surface area contributed by atoms with Gasteiger partial charge in [-0.15, -0.1) is 11.3 Å². The number of nitrogens with zero attached hydrogens (tertiary/aromatic N) is 3. The number of halogens is 1. The number of aromatic nitrogens is 2. The Hall–Kier alpha value is -0.680. The molecule has 3 nitrogen and oxygen atoms in total. The number of hydrogen-bond donors (Lipinski definition) is 0. The Balaban J connectivity index is 1.91. The van der Waals surface area contributed by atoms with E-state index in [1.165, 1.54) is 28.7 Å². The van der Waals surface area contributed by atoms with Crippen LogP contribution in [0.4, 0.5) is 5.82 Å². The predicted molar refractivity (Wildman–Crippen MR) is 85.6 cm³/mol. The van der Waals surface area contributed by atoms with E-state index in [1.807, 2.05) is 0 Å². The average molecular weight is 340 g/mol. The molecule has 1 fully saturated rings. The largest absolute Gasteiger partial charge is 0.359 e. The van der Waals surface area contributed by atoms with Crippen molar-refractivity contribution in [1.82, 2.24) is 9.97 Å². The van der Waals surface area contributed by atoms with Crippen molar-refractivity contribution < 1.29 is 0 Å². The van der Waals surface area contributed by atoms with Gasteiger partial charge in [0, 0.05) is 23.3 Å². The van der Waals surface area contributed by atoms with Gasteiger partial charge in [0.15, 0.2) is 0 Å². The lowest BCUT2D eigenvalue weighted by atomic mass is 9.85. The zero-order chi connectivity index (χ0) is 13.6. The van der Waals surface area contributed by atoms with E-state index in [9.17, 15) is 0 Å². The molecule has 1 saturated carbocycles. The molecule has 2 aromatic rings. The third-order valence-corrected chi connectivity index (χ3v) is 5.88. The van der Waals surface area contributed by atoms with Crippen LogP contribution in [0.25, 0.3) is 10.2 Å². The van der Waals surface area contributed by atoms with Gasteiger partial charge in [0.05, 0.1) is 5.39 Å². The molecule has 2 heterocycles. The van der Waals surface area contributed by atoms with Gasteiger partial charge in [0.1, 0.15) is 17.0 Å². The summed E-state index contributed by atoms with van der Waals surface area (Å²) >= 11 is 5.42. The van der Waals surface area contributed by atoms with Crippen LogP contribution in [0.2, 0.25) is 0 Å². The minimum absolute atomic E-state index is 0.724. The van der Waals surface area contributed by atoms with E-state index >= 15 is 0 Å². The number of aryl methyl sites for hydroxylation is 2. The van der Waals surface area contributed by atoms with Crippen molar-refractivity contribution in [2.75, 3.05) is 18.5 Å². The van der Waals surface area contributed by atoms with Crippen LogP contribution in [-0.4, -0.2) is 28.4 Å². The molecule has 2 aromatic heterocycles. The first-order valence-electron chi connectivity index (χ1n) is 6.62. The fraction of sp³-hybridized carbons (Fsp3) is 0.571. The molecule has 0 aromatic carbocycles. The molecule has 0 atom stereocenters. The quantitative estimate of drug-likeness (QED) is 0.793. The molecule has 0 bridgehead atoms. The summed E-state index contributed by atoms with van der Waals surface area (Å²) in [7, 11) is 2.15. The summed E-state index contributed by atoms with van der Waals surface area (Å²) in [5.41, 5.74) is 1.33. The zero-order valence-corrected chi connectivity index (χ0v) is 13.9. The first-order chi connectivity index (χ1) is 9.06. The highest BCUT2D eigenvalue weighted by molar-refractivity contribution is 9.09.